The Morgan fingerprint density at radius 2 is 2.00 bits per heavy atom. The average Bonchev–Trinajstić information content (AvgIpc) is 2.32. The summed E-state index contributed by atoms with van der Waals surface area (Å²) in [5.41, 5.74) is 5.81. The first kappa shape index (κ1) is 15.8. The number of nitrogens with two attached hydrogens (primary N) is 1. The first-order chi connectivity index (χ1) is 8.81. The van der Waals surface area contributed by atoms with Crippen molar-refractivity contribution >= 4 is 35.1 Å². The van der Waals surface area contributed by atoms with Crippen LogP contribution in [-0.4, -0.2) is 29.9 Å². The predicted octanol–water partition coefficient (Wildman–Crippen LogP) is 2.01. The maximum Gasteiger partial charge on any atom is 0.318 e. The number of imide groups is 1. The van der Waals surface area contributed by atoms with E-state index in [0.29, 0.717) is 16.6 Å². The third-order valence-corrected chi connectivity index (χ3v) is 3.44. The van der Waals surface area contributed by atoms with E-state index < -0.39 is 18.0 Å². The second-order valence-electron chi connectivity index (χ2n) is 4.19. The largest absolute Gasteiger partial charge is 0.351 e. The molecule has 0 radical (unpaired) electrons. The van der Waals surface area contributed by atoms with Crippen LogP contribution < -0.4 is 11.1 Å². The van der Waals surface area contributed by atoms with E-state index in [1.54, 1.807) is 31.0 Å². The summed E-state index contributed by atoms with van der Waals surface area (Å²) in [6.07, 6.45) is 0. The summed E-state index contributed by atoms with van der Waals surface area (Å²) in [5, 5.41) is 2.98. The Kier molecular flexibility index (Phi) is 5.60. The van der Waals surface area contributed by atoms with E-state index in [1.807, 2.05) is 11.4 Å². The Bertz CT molecular complexity index is 494. The number of nitrogens with one attached hydrogen (secondary N) is 1. The van der Waals surface area contributed by atoms with E-state index >= 15 is 0 Å². The van der Waals surface area contributed by atoms with Gasteiger partial charge in [0.25, 0.3) is 0 Å². The van der Waals surface area contributed by atoms with Crippen LogP contribution in [0.3, 0.4) is 0 Å². The lowest BCUT2D eigenvalue weighted by atomic mass is 10.2. The van der Waals surface area contributed by atoms with Gasteiger partial charge in [0.1, 0.15) is 0 Å². The zero-order valence-electron chi connectivity index (χ0n) is 10.6. The molecule has 0 spiro atoms. The first-order valence-electron chi connectivity index (χ1n) is 5.55. The van der Waals surface area contributed by atoms with Crippen molar-refractivity contribution in [2.24, 2.45) is 5.73 Å². The Hall–Kier alpha value is -1.30. The molecule has 0 unspecified atom stereocenters. The van der Waals surface area contributed by atoms with Crippen LogP contribution in [0.4, 0.5) is 4.79 Å². The highest BCUT2D eigenvalue weighted by Crippen LogP contribution is 2.23. The zero-order valence-corrected chi connectivity index (χ0v) is 12.1. The number of carbonyl (C=O) groups is 2. The number of likely N-dealkylation sites (N-methyl/N-ethyl adjacent to an activating group) is 1. The molecule has 0 fully saturated rings. The number of amides is 3. The Balaban J connectivity index is 2.67. The number of nitrogens with zero attached hydrogens (tertiary/aromatic N) is 1. The zero-order chi connectivity index (χ0) is 14.6. The number of halogens is 2. The summed E-state index contributed by atoms with van der Waals surface area (Å²) in [5.74, 6) is -0.449. The molecule has 0 aromatic heterocycles. The monoisotopic (exact) mass is 303 g/mol. The van der Waals surface area contributed by atoms with Crippen molar-refractivity contribution in [3.63, 3.8) is 0 Å². The molecule has 0 bridgehead atoms. The minimum absolute atomic E-state index is 0.449. The van der Waals surface area contributed by atoms with Gasteiger partial charge in [-0.2, -0.15) is 0 Å². The number of carbonyl (C=O) groups excluding carboxylic acids is 2. The SMILES string of the molecule is C[C@H](C(=O)NC(N)=O)N(C)Cc1ccc(Cl)c(Cl)c1. The molecule has 0 heterocycles. The fourth-order valence-electron chi connectivity index (χ4n) is 1.49. The smallest absolute Gasteiger partial charge is 0.318 e. The third kappa shape index (κ3) is 4.70. The quantitative estimate of drug-likeness (QED) is 0.893. The number of benzene rings is 1. The van der Waals surface area contributed by atoms with Crippen LogP contribution in [0.2, 0.25) is 10.0 Å². The van der Waals surface area contributed by atoms with Gasteiger partial charge in [-0.25, -0.2) is 4.79 Å². The fraction of sp³-hybridized carbons (Fsp3) is 0.333. The van der Waals surface area contributed by atoms with Gasteiger partial charge in [-0.05, 0) is 31.7 Å². The Labute approximate surface area is 121 Å². The molecular formula is C12H15Cl2N3O2. The molecule has 7 heteroatoms. The molecule has 5 nitrogen and oxygen atoms in total. The number of hydrogen-bond acceptors (Lipinski definition) is 3. The van der Waals surface area contributed by atoms with Gasteiger partial charge < -0.3 is 5.73 Å². The molecule has 0 aliphatic rings. The molecular weight excluding hydrogens is 289 g/mol. The van der Waals surface area contributed by atoms with Crippen molar-refractivity contribution in [2.45, 2.75) is 19.5 Å². The fourth-order valence-corrected chi connectivity index (χ4v) is 1.81. The highest BCUT2D eigenvalue weighted by Gasteiger charge is 2.19. The van der Waals surface area contributed by atoms with Crippen molar-refractivity contribution in [1.29, 1.82) is 0 Å². The van der Waals surface area contributed by atoms with Crippen molar-refractivity contribution in [3.8, 4) is 0 Å². The van der Waals surface area contributed by atoms with E-state index in [2.05, 4.69) is 0 Å². The standard InChI is InChI=1S/C12H15Cl2N3O2/c1-7(11(18)16-12(15)19)17(2)6-8-3-4-9(13)10(14)5-8/h3-5,7H,6H2,1-2H3,(H3,15,16,18,19)/t7-/m1/s1. The molecule has 0 aliphatic heterocycles. The van der Waals surface area contributed by atoms with Crippen LogP contribution in [-0.2, 0) is 11.3 Å². The van der Waals surface area contributed by atoms with Crippen molar-refractivity contribution in [3.05, 3.63) is 33.8 Å². The van der Waals surface area contributed by atoms with E-state index in [0.717, 1.165) is 5.56 Å². The molecule has 104 valence electrons. The van der Waals surface area contributed by atoms with Gasteiger partial charge >= 0.3 is 6.03 Å². The van der Waals surface area contributed by atoms with Gasteiger partial charge in [-0.3, -0.25) is 15.0 Å². The van der Waals surface area contributed by atoms with Gasteiger partial charge in [0.2, 0.25) is 5.91 Å². The molecule has 1 rings (SSSR count). The molecule has 0 saturated heterocycles. The maximum atomic E-state index is 11.6. The molecule has 3 amide bonds. The van der Waals surface area contributed by atoms with Gasteiger partial charge in [-0.15, -0.1) is 0 Å². The molecule has 0 saturated carbocycles. The minimum Gasteiger partial charge on any atom is -0.351 e. The second kappa shape index (κ2) is 6.75. The summed E-state index contributed by atoms with van der Waals surface area (Å²) in [4.78, 5) is 24.0. The van der Waals surface area contributed by atoms with Crippen LogP contribution in [0.15, 0.2) is 18.2 Å². The van der Waals surface area contributed by atoms with Crippen LogP contribution in [0, 0.1) is 0 Å². The topological polar surface area (TPSA) is 75.4 Å². The highest BCUT2D eigenvalue weighted by molar-refractivity contribution is 6.42. The molecule has 1 aromatic carbocycles. The van der Waals surface area contributed by atoms with Crippen LogP contribution >= 0.6 is 23.2 Å². The van der Waals surface area contributed by atoms with E-state index in [1.165, 1.54) is 0 Å². The van der Waals surface area contributed by atoms with Crippen molar-refractivity contribution in [2.75, 3.05) is 7.05 Å². The van der Waals surface area contributed by atoms with E-state index in [9.17, 15) is 9.59 Å². The summed E-state index contributed by atoms with van der Waals surface area (Å²) in [7, 11) is 1.76. The Morgan fingerprint density at radius 1 is 1.37 bits per heavy atom. The summed E-state index contributed by atoms with van der Waals surface area (Å²) in [6.45, 7) is 2.17. The summed E-state index contributed by atoms with van der Waals surface area (Å²) < 4.78 is 0. The van der Waals surface area contributed by atoms with Crippen molar-refractivity contribution in [1.82, 2.24) is 10.2 Å². The number of primary amides is 1. The van der Waals surface area contributed by atoms with E-state index in [-0.39, 0.29) is 0 Å². The van der Waals surface area contributed by atoms with Crippen LogP contribution in [0.1, 0.15) is 12.5 Å². The lowest BCUT2D eigenvalue weighted by Gasteiger charge is -2.23. The average molecular weight is 304 g/mol. The normalized spacial score (nSPS) is 12.3. The molecule has 3 N–H and O–H groups in total. The highest BCUT2D eigenvalue weighted by atomic mass is 35.5. The number of rotatable bonds is 4. The number of urea groups is 1. The molecule has 1 atom stereocenters. The van der Waals surface area contributed by atoms with Crippen molar-refractivity contribution < 1.29 is 9.59 Å². The molecule has 0 aliphatic carbocycles. The summed E-state index contributed by atoms with van der Waals surface area (Å²) in [6, 6.07) is 3.89. The maximum absolute atomic E-state index is 11.6. The summed E-state index contributed by atoms with van der Waals surface area (Å²) >= 11 is 11.7. The van der Waals surface area contributed by atoms with Gasteiger partial charge in [0.15, 0.2) is 0 Å². The third-order valence-electron chi connectivity index (χ3n) is 2.70. The van der Waals surface area contributed by atoms with Gasteiger partial charge in [0, 0.05) is 6.54 Å². The first-order valence-corrected chi connectivity index (χ1v) is 6.31. The van der Waals surface area contributed by atoms with E-state index in [4.69, 9.17) is 28.9 Å². The molecule has 19 heavy (non-hydrogen) atoms. The number of hydrogen-bond donors (Lipinski definition) is 2. The van der Waals surface area contributed by atoms with Crippen LogP contribution in [0.5, 0.6) is 0 Å². The van der Waals surface area contributed by atoms with Crippen LogP contribution in [0.25, 0.3) is 0 Å². The minimum atomic E-state index is -0.861. The molecule has 1 aromatic rings. The lowest BCUT2D eigenvalue weighted by molar-refractivity contribution is -0.124. The van der Waals surface area contributed by atoms with Gasteiger partial charge in [-0.1, -0.05) is 29.3 Å². The predicted molar refractivity (Wildman–Crippen MR) is 75.1 cm³/mol. The van der Waals surface area contributed by atoms with Gasteiger partial charge in [0.05, 0.1) is 16.1 Å². The lowest BCUT2D eigenvalue weighted by Crippen LogP contribution is -2.46. The second-order valence-corrected chi connectivity index (χ2v) is 5.01. The Morgan fingerprint density at radius 3 is 2.53 bits per heavy atom.